The molecule has 34 heavy (non-hydrogen) atoms. The van der Waals surface area contributed by atoms with Crippen LogP contribution in [0.2, 0.25) is 5.02 Å². The number of halogens is 4. The maximum atomic E-state index is 12.7. The lowest BCUT2D eigenvalue weighted by atomic mass is 9.90. The number of para-hydroxylation sites is 1. The highest BCUT2D eigenvalue weighted by atomic mass is 35.5. The molecule has 0 saturated carbocycles. The van der Waals surface area contributed by atoms with E-state index >= 15 is 0 Å². The first-order valence-corrected chi connectivity index (χ1v) is 11.6. The number of carbonyl (C=O) groups is 2. The van der Waals surface area contributed by atoms with Gasteiger partial charge in [-0.15, -0.1) is 0 Å². The van der Waals surface area contributed by atoms with Gasteiger partial charge in [-0.1, -0.05) is 29.8 Å². The molecule has 0 amide bonds. The van der Waals surface area contributed by atoms with Crippen LogP contribution in [0.25, 0.3) is 10.9 Å². The third-order valence-electron chi connectivity index (χ3n) is 6.09. The van der Waals surface area contributed by atoms with E-state index in [-0.39, 0.29) is 23.3 Å². The molecule has 1 atom stereocenters. The maximum Gasteiger partial charge on any atom is 0.446 e. The molecule has 0 bridgehead atoms. The van der Waals surface area contributed by atoms with Crippen molar-refractivity contribution >= 4 is 52.0 Å². The summed E-state index contributed by atoms with van der Waals surface area (Å²) in [4.78, 5) is 32.4. The smallest absolute Gasteiger partial charge is 0.346 e. The third-order valence-corrected chi connectivity index (χ3v) is 7.15. The van der Waals surface area contributed by atoms with Gasteiger partial charge in [0.05, 0.1) is 17.2 Å². The number of benzene rings is 2. The first kappa shape index (κ1) is 24.5. The average Bonchev–Trinajstić information content (AvgIpc) is 3.04. The fourth-order valence-electron chi connectivity index (χ4n) is 4.42. The molecule has 5 nitrogen and oxygen atoms in total. The molecule has 4 rings (SSSR count). The fraction of sp³-hybridized carbons (Fsp3) is 0.292. The molecule has 1 fully saturated rings. The Bertz CT molecular complexity index is 1230. The Morgan fingerprint density at radius 2 is 1.88 bits per heavy atom. The standard InChI is InChI=1S/C24H21ClF3N3O2S/c1-23(2)22(21(33)13-32)31(15-7-9-16(10-8-15)34-24(26,27)28)14-30(23)12-18-17-5-3-4-6-20(17)29-11-19(18)25/h3-11,13,22H,12,14H2,1-2H3. The Morgan fingerprint density at radius 1 is 1.21 bits per heavy atom. The molecule has 1 saturated heterocycles. The zero-order chi connectivity index (χ0) is 24.7. The van der Waals surface area contributed by atoms with E-state index in [1.54, 1.807) is 11.1 Å². The van der Waals surface area contributed by atoms with E-state index < -0.39 is 22.9 Å². The molecule has 1 aliphatic heterocycles. The van der Waals surface area contributed by atoms with Crippen molar-refractivity contribution in [2.45, 2.75) is 42.4 Å². The molecule has 2 aromatic carbocycles. The molecule has 2 heterocycles. The van der Waals surface area contributed by atoms with Gasteiger partial charge in [-0.25, -0.2) is 0 Å². The van der Waals surface area contributed by atoms with Gasteiger partial charge in [-0.2, -0.15) is 13.2 Å². The molecule has 1 aliphatic rings. The van der Waals surface area contributed by atoms with Gasteiger partial charge in [0.2, 0.25) is 5.78 Å². The summed E-state index contributed by atoms with van der Waals surface area (Å²) in [5, 5.41) is 1.37. The van der Waals surface area contributed by atoms with Gasteiger partial charge in [0, 0.05) is 34.2 Å². The van der Waals surface area contributed by atoms with E-state index in [4.69, 9.17) is 11.6 Å². The summed E-state index contributed by atoms with van der Waals surface area (Å²) in [6.45, 7) is 4.39. The Hall–Kier alpha value is -2.62. The molecule has 0 radical (unpaired) electrons. The first-order chi connectivity index (χ1) is 16.0. The van der Waals surface area contributed by atoms with Gasteiger partial charge in [0.25, 0.3) is 0 Å². The van der Waals surface area contributed by atoms with Crippen LogP contribution in [0.15, 0.2) is 59.6 Å². The molecule has 0 spiro atoms. The van der Waals surface area contributed by atoms with Crippen molar-refractivity contribution in [3.05, 3.63) is 65.3 Å². The summed E-state index contributed by atoms with van der Waals surface area (Å²) in [7, 11) is 0. The summed E-state index contributed by atoms with van der Waals surface area (Å²) in [6.07, 6.45) is 1.89. The Morgan fingerprint density at radius 3 is 2.53 bits per heavy atom. The van der Waals surface area contributed by atoms with Crippen molar-refractivity contribution in [2.75, 3.05) is 11.6 Å². The fourth-order valence-corrected chi connectivity index (χ4v) is 5.17. The molecule has 1 aromatic heterocycles. The van der Waals surface area contributed by atoms with Crippen LogP contribution in [0, 0.1) is 0 Å². The summed E-state index contributed by atoms with van der Waals surface area (Å²) >= 11 is 6.30. The largest absolute Gasteiger partial charge is 0.446 e. The van der Waals surface area contributed by atoms with Crippen molar-refractivity contribution in [3.8, 4) is 0 Å². The highest BCUT2D eigenvalue weighted by Gasteiger charge is 2.50. The van der Waals surface area contributed by atoms with Gasteiger partial charge < -0.3 is 4.90 Å². The highest BCUT2D eigenvalue weighted by Crippen LogP contribution is 2.40. The molecule has 0 N–H and O–H groups in total. The number of pyridine rings is 1. The molecule has 3 aromatic rings. The third kappa shape index (κ3) is 4.78. The number of fused-ring (bicyclic) bond motifs is 1. The number of carbonyl (C=O) groups excluding carboxylic acids is 2. The average molecular weight is 508 g/mol. The van der Waals surface area contributed by atoms with E-state index in [2.05, 4.69) is 4.98 Å². The molecular formula is C24H21ClF3N3O2S. The lowest BCUT2D eigenvalue weighted by molar-refractivity contribution is -0.131. The Kier molecular flexibility index (Phi) is 6.63. The van der Waals surface area contributed by atoms with Crippen LogP contribution < -0.4 is 4.90 Å². The van der Waals surface area contributed by atoms with Crippen LogP contribution in [-0.2, 0) is 16.1 Å². The normalized spacial score (nSPS) is 18.4. The van der Waals surface area contributed by atoms with E-state index in [9.17, 15) is 22.8 Å². The van der Waals surface area contributed by atoms with Gasteiger partial charge in [0.15, 0.2) is 6.29 Å². The summed E-state index contributed by atoms with van der Waals surface area (Å²) in [5.41, 5.74) is -2.99. The lowest BCUT2D eigenvalue weighted by Gasteiger charge is -2.34. The topological polar surface area (TPSA) is 53.5 Å². The zero-order valence-electron chi connectivity index (χ0n) is 18.3. The van der Waals surface area contributed by atoms with Crippen LogP contribution in [0.5, 0.6) is 0 Å². The zero-order valence-corrected chi connectivity index (χ0v) is 19.9. The van der Waals surface area contributed by atoms with Crippen molar-refractivity contribution in [3.63, 3.8) is 0 Å². The Balaban J connectivity index is 1.69. The van der Waals surface area contributed by atoms with Crippen molar-refractivity contribution in [1.29, 1.82) is 0 Å². The number of hydrogen-bond acceptors (Lipinski definition) is 6. The van der Waals surface area contributed by atoms with Crippen LogP contribution in [0.3, 0.4) is 0 Å². The number of aromatic nitrogens is 1. The number of nitrogens with zero attached hydrogens (tertiary/aromatic N) is 3. The van der Waals surface area contributed by atoms with Crippen molar-refractivity contribution in [2.24, 2.45) is 0 Å². The minimum Gasteiger partial charge on any atom is -0.346 e. The predicted molar refractivity (Wildman–Crippen MR) is 127 cm³/mol. The highest BCUT2D eigenvalue weighted by molar-refractivity contribution is 8.00. The second-order valence-electron chi connectivity index (χ2n) is 8.53. The molecule has 178 valence electrons. The summed E-state index contributed by atoms with van der Waals surface area (Å²) in [6, 6.07) is 12.6. The first-order valence-electron chi connectivity index (χ1n) is 10.4. The van der Waals surface area contributed by atoms with Crippen LogP contribution >= 0.6 is 23.4 Å². The van der Waals surface area contributed by atoms with Gasteiger partial charge in [-0.05, 0) is 61.5 Å². The molecule has 0 aliphatic carbocycles. The molecule has 1 unspecified atom stereocenters. The van der Waals surface area contributed by atoms with Gasteiger partial charge >= 0.3 is 5.51 Å². The van der Waals surface area contributed by atoms with E-state index in [0.29, 0.717) is 23.5 Å². The van der Waals surface area contributed by atoms with Crippen LogP contribution in [0.1, 0.15) is 19.4 Å². The second-order valence-corrected chi connectivity index (χ2v) is 10.1. The second kappa shape index (κ2) is 9.20. The van der Waals surface area contributed by atoms with Crippen molar-refractivity contribution in [1.82, 2.24) is 9.88 Å². The van der Waals surface area contributed by atoms with E-state index in [0.717, 1.165) is 16.5 Å². The maximum absolute atomic E-state index is 12.7. The molecule has 10 heteroatoms. The summed E-state index contributed by atoms with van der Waals surface area (Å²) < 4.78 is 38.1. The Labute approximate surface area is 203 Å². The number of ketones is 1. The van der Waals surface area contributed by atoms with Crippen molar-refractivity contribution < 1.29 is 22.8 Å². The number of rotatable bonds is 6. The minimum absolute atomic E-state index is 0.0415. The number of Topliss-reactive ketones (excluding diaryl/α,β-unsaturated/α-hetero) is 1. The SMILES string of the molecule is CC1(C)C(C(=O)C=O)N(c2ccc(SC(F)(F)F)cc2)CN1Cc1c(Cl)cnc2ccccc12. The minimum atomic E-state index is -4.39. The quantitative estimate of drug-likeness (QED) is 0.242. The number of alkyl halides is 3. The monoisotopic (exact) mass is 507 g/mol. The number of anilines is 1. The lowest BCUT2D eigenvalue weighted by Crippen LogP contribution is -2.51. The number of hydrogen-bond donors (Lipinski definition) is 0. The van der Waals surface area contributed by atoms with Crippen LogP contribution in [-0.4, -0.2) is 45.7 Å². The van der Waals surface area contributed by atoms with Gasteiger partial charge in [0.1, 0.15) is 6.04 Å². The predicted octanol–water partition coefficient (Wildman–Crippen LogP) is 5.70. The summed E-state index contributed by atoms with van der Waals surface area (Å²) in [5.74, 6) is -0.605. The van der Waals surface area contributed by atoms with E-state index in [1.165, 1.54) is 24.3 Å². The number of thioether (sulfide) groups is 1. The number of aldehydes is 1. The van der Waals surface area contributed by atoms with Gasteiger partial charge in [-0.3, -0.25) is 19.5 Å². The van der Waals surface area contributed by atoms with Crippen LogP contribution in [0.4, 0.5) is 18.9 Å². The van der Waals surface area contributed by atoms with E-state index in [1.807, 2.05) is 43.0 Å². The molecular weight excluding hydrogens is 487 g/mol.